The maximum absolute atomic E-state index is 11.7. The zero-order valence-electron chi connectivity index (χ0n) is 9.13. The van der Waals surface area contributed by atoms with Gasteiger partial charge in [-0.3, -0.25) is 0 Å². The van der Waals surface area contributed by atoms with Crippen molar-refractivity contribution in [3.8, 4) is 0 Å². The second kappa shape index (κ2) is 2.62. The maximum Gasteiger partial charge on any atom is 0.254 e. The van der Waals surface area contributed by atoms with E-state index in [0.29, 0.717) is 5.71 Å². The molecule has 1 spiro atoms. The summed E-state index contributed by atoms with van der Waals surface area (Å²) in [5.41, 5.74) is -0.0941. The molecule has 0 aromatic heterocycles. The third kappa shape index (κ3) is 0.982. The third-order valence-electron chi connectivity index (χ3n) is 4.83. The molecule has 3 rings (SSSR count). The maximum atomic E-state index is 11.7. The Hall–Kier alpha value is 0.200. The average molecular weight is 282 g/mol. The molecule has 2 aliphatic carbocycles. The Bertz CT molecular complexity index is 509. The molecule has 0 aromatic carbocycles. The van der Waals surface area contributed by atoms with E-state index in [-0.39, 0.29) is 17.1 Å². The number of alkyl halides is 2. The van der Waals surface area contributed by atoms with Crippen LogP contribution in [-0.2, 0) is 10.0 Å². The van der Waals surface area contributed by atoms with Gasteiger partial charge < -0.3 is 0 Å². The smallest absolute Gasteiger partial charge is 0.205 e. The number of rotatable bonds is 0. The second-order valence-corrected chi connectivity index (χ2v) is 8.71. The van der Waals surface area contributed by atoms with Crippen molar-refractivity contribution in [3.63, 3.8) is 0 Å². The van der Waals surface area contributed by atoms with Crippen LogP contribution in [0.2, 0.25) is 0 Å². The molecule has 2 bridgehead atoms. The normalized spacial score (nSPS) is 45.5. The summed E-state index contributed by atoms with van der Waals surface area (Å²) in [5.74, 6) is 0.192. The molecule has 0 unspecified atom stereocenters. The molecule has 2 fully saturated rings. The van der Waals surface area contributed by atoms with E-state index in [1.807, 2.05) is 0 Å². The Morgan fingerprint density at radius 1 is 1.38 bits per heavy atom. The highest BCUT2D eigenvalue weighted by molar-refractivity contribution is 7.90. The van der Waals surface area contributed by atoms with Crippen molar-refractivity contribution in [1.82, 2.24) is 0 Å². The predicted molar refractivity (Wildman–Crippen MR) is 64.6 cm³/mol. The Morgan fingerprint density at radius 2 is 2.00 bits per heavy atom. The lowest BCUT2D eigenvalue weighted by atomic mass is 9.70. The van der Waals surface area contributed by atoms with Crippen LogP contribution in [0.15, 0.2) is 4.40 Å². The van der Waals surface area contributed by atoms with Gasteiger partial charge in [0.1, 0.15) is 0 Å². The van der Waals surface area contributed by atoms with Crippen LogP contribution < -0.4 is 0 Å². The minimum Gasteiger partial charge on any atom is -0.205 e. The summed E-state index contributed by atoms with van der Waals surface area (Å²) in [6, 6.07) is 0. The fourth-order valence-corrected chi connectivity index (χ4v) is 7.15. The van der Waals surface area contributed by atoms with E-state index in [1.165, 1.54) is 0 Å². The fraction of sp³-hybridized carbons (Fsp3) is 0.900. The highest BCUT2D eigenvalue weighted by atomic mass is 35.5. The highest BCUT2D eigenvalue weighted by Crippen LogP contribution is 2.72. The summed E-state index contributed by atoms with van der Waals surface area (Å²) in [6.45, 7) is 4.13. The number of halogens is 2. The average Bonchev–Trinajstić information content (AvgIpc) is 2.53. The monoisotopic (exact) mass is 281 g/mol. The largest absolute Gasteiger partial charge is 0.254 e. The number of nitrogens with zero attached hydrogens (tertiary/aromatic N) is 1. The van der Waals surface area contributed by atoms with Gasteiger partial charge in [0, 0.05) is 11.3 Å². The molecule has 1 aliphatic heterocycles. The van der Waals surface area contributed by atoms with Crippen molar-refractivity contribution >= 4 is 38.9 Å². The Kier molecular flexibility index (Phi) is 1.85. The van der Waals surface area contributed by atoms with Crippen molar-refractivity contribution in [2.75, 3.05) is 5.75 Å². The van der Waals surface area contributed by atoms with Gasteiger partial charge in [0.2, 0.25) is 0 Å². The molecule has 6 heteroatoms. The van der Waals surface area contributed by atoms with Gasteiger partial charge in [0.15, 0.2) is 4.33 Å². The number of hydrogen-bond acceptors (Lipinski definition) is 2. The van der Waals surface area contributed by atoms with Crippen LogP contribution in [0.3, 0.4) is 0 Å². The van der Waals surface area contributed by atoms with Crippen LogP contribution in [0, 0.1) is 16.7 Å². The number of fused-ring (bicyclic) bond motifs is 1. The molecule has 0 N–H and O–H groups in total. The first kappa shape index (κ1) is 11.3. The van der Waals surface area contributed by atoms with Gasteiger partial charge in [-0.15, -0.1) is 0 Å². The molecule has 90 valence electrons. The van der Waals surface area contributed by atoms with Crippen LogP contribution in [-0.4, -0.2) is 24.2 Å². The first-order valence-corrected chi connectivity index (χ1v) is 7.71. The minimum atomic E-state index is -3.37. The molecule has 0 amide bonds. The van der Waals surface area contributed by atoms with Gasteiger partial charge in [0.05, 0.1) is 11.5 Å². The molecule has 0 radical (unpaired) electrons. The first-order valence-electron chi connectivity index (χ1n) is 5.35. The summed E-state index contributed by atoms with van der Waals surface area (Å²) < 4.78 is 26.1. The van der Waals surface area contributed by atoms with E-state index in [4.69, 9.17) is 23.2 Å². The first-order chi connectivity index (χ1) is 7.14. The van der Waals surface area contributed by atoms with Crippen LogP contribution >= 0.6 is 23.2 Å². The quantitative estimate of drug-likeness (QED) is 0.640. The molecule has 2 saturated carbocycles. The molecular weight excluding hydrogens is 269 g/mol. The zero-order chi connectivity index (χ0) is 12.0. The second-order valence-electron chi connectivity index (χ2n) is 5.68. The molecular formula is C10H13Cl2NO2S. The lowest BCUT2D eigenvalue weighted by molar-refractivity contribution is 0.195. The number of hydrogen-bond donors (Lipinski definition) is 0. The molecule has 2 atom stereocenters. The standard InChI is InChI=1S/C10H13Cl2NO2S/c1-8(2)6-3-4-9(8)5-16(14,15)13-7(9)10(6,11)12/h6H,3-5H2,1-2H3/t6-,9+/m0/s1. The zero-order valence-corrected chi connectivity index (χ0v) is 11.5. The van der Waals surface area contributed by atoms with Gasteiger partial charge in [-0.2, -0.15) is 4.40 Å². The summed E-state index contributed by atoms with van der Waals surface area (Å²) in [5, 5.41) is 0. The topological polar surface area (TPSA) is 46.5 Å². The van der Waals surface area contributed by atoms with Crippen LogP contribution in [0.5, 0.6) is 0 Å². The third-order valence-corrected chi connectivity index (χ3v) is 7.03. The van der Waals surface area contributed by atoms with Crippen molar-refractivity contribution < 1.29 is 8.42 Å². The van der Waals surface area contributed by atoms with Crippen LogP contribution in [0.1, 0.15) is 26.7 Å². The molecule has 3 nitrogen and oxygen atoms in total. The summed E-state index contributed by atoms with van der Waals surface area (Å²) in [4.78, 5) is 0. The van der Waals surface area contributed by atoms with E-state index in [0.717, 1.165) is 12.8 Å². The van der Waals surface area contributed by atoms with Crippen LogP contribution in [0.25, 0.3) is 0 Å². The molecule has 16 heavy (non-hydrogen) atoms. The number of sulfonamides is 1. The van der Waals surface area contributed by atoms with Crippen molar-refractivity contribution in [2.24, 2.45) is 21.1 Å². The fourth-order valence-electron chi connectivity index (χ4n) is 3.91. The van der Waals surface area contributed by atoms with Gasteiger partial charge in [0.25, 0.3) is 10.0 Å². The molecule has 0 saturated heterocycles. The van der Waals surface area contributed by atoms with E-state index in [2.05, 4.69) is 18.2 Å². The Morgan fingerprint density at radius 3 is 2.56 bits per heavy atom. The van der Waals surface area contributed by atoms with Crippen molar-refractivity contribution in [2.45, 2.75) is 31.0 Å². The minimum absolute atomic E-state index is 0.0834. The van der Waals surface area contributed by atoms with Crippen molar-refractivity contribution in [3.05, 3.63) is 0 Å². The van der Waals surface area contributed by atoms with Crippen molar-refractivity contribution in [1.29, 1.82) is 0 Å². The van der Waals surface area contributed by atoms with E-state index >= 15 is 0 Å². The lowest BCUT2D eigenvalue weighted by Gasteiger charge is -2.33. The van der Waals surface area contributed by atoms with Gasteiger partial charge in [-0.25, -0.2) is 8.42 Å². The summed E-state index contributed by atoms with van der Waals surface area (Å²) >= 11 is 12.7. The SMILES string of the molecule is CC1(C)[C@@H]2CC[C@]13CS(=O)(=O)N=C3C2(Cl)Cl. The Balaban J connectivity index is 2.31. The van der Waals surface area contributed by atoms with E-state index < -0.39 is 19.8 Å². The summed E-state index contributed by atoms with van der Waals surface area (Å²) in [7, 11) is -3.37. The predicted octanol–water partition coefficient (Wildman–Crippen LogP) is 2.38. The highest BCUT2D eigenvalue weighted by Gasteiger charge is 2.75. The molecule has 3 aliphatic rings. The molecule has 1 heterocycles. The van der Waals surface area contributed by atoms with E-state index in [9.17, 15) is 8.42 Å². The van der Waals surface area contributed by atoms with E-state index in [1.54, 1.807) is 0 Å². The summed E-state index contributed by atoms with van der Waals surface area (Å²) in [6.07, 6.45) is 1.72. The van der Waals surface area contributed by atoms with Gasteiger partial charge in [-0.1, -0.05) is 37.0 Å². The van der Waals surface area contributed by atoms with Gasteiger partial charge >= 0.3 is 0 Å². The van der Waals surface area contributed by atoms with Gasteiger partial charge in [-0.05, 0) is 18.3 Å². The molecule has 0 aromatic rings. The lowest BCUT2D eigenvalue weighted by Crippen LogP contribution is -2.39. The van der Waals surface area contributed by atoms with Crippen LogP contribution in [0.4, 0.5) is 0 Å². The Labute approximate surface area is 105 Å².